The largest absolute Gasteiger partial charge is 0.490 e. The Morgan fingerprint density at radius 3 is 2.45 bits per heavy atom. The van der Waals surface area contributed by atoms with E-state index in [0.717, 1.165) is 36.8 Å². The van der Waals surface area contributed by atoms with Gasteiger partial charge in [-0.2, -0.15) is 13.2 Å². The number of benzene rings is 1. The number of esters is 2. The highest BCUT2D eigenvalue weighted by Crippen LogP contribution is 2.44. The van der Waals surface area contributed by atoms with Crippen molar-refractivity contribution >= 4 is 17.7 Å². The first kappa shape index (κ1) is 25.2. The summed E-state index contributed by atoms with van der Waals surface area (Å²) in [4.78, 5) is 36.5. The van der Waals surface area contributed by atoms with Crippen LogP contribution in [0.5, 0.6) is 0 Å². The van der Waals surface area contributed by atoms with E-state index in [0.29, 0.717) is 19.4 Å². The molecule has 1 saturated heterocycles. The number of ketones is 1. The van der Waals surface area contributed by atoms with Gasteiger partial charge in [0, 0.05) is 12.0 Å². The lowest BCUT2D eigenvalue weighted by atomic mass is 9.75. The topological polar surface area (TPSA) is 95.7 Å². The Balaban J connectivity index is 1.80. The maximum absolute atomic E-state index is 12.7. The van der Waals surface area contributed by atoms with Crippen LogP contribution in [0.4, 0.5) is 13.2 Å². The second-order valence-corrected chi connectivity index (χ2v) is 9.68. The van der Waals surface area contributed by atoms with Crippen molar-refractivity contribution in [2.75, 3.05) is 6.54 Å². The number of ether oxygens (including phenoxy) is 2. The van der Waals surface area contributed by atoms with Crippen LogP contribution in [0.15, 0.2) is 24.3 Å². The van der Waals surface area contributed by atoms with Gasteiger partial charge in [0.05, 0.1) is 6.42 Å². The summed E-state index contributed by atoms with van der Waals surface area (Å²) in [6, 6.07) is 7.90. The van der Waals surface area contributed by atoms with Crippen molar-refractivity contribution in [3.05, 3.63) is 35.4 Å². The molecule has 0 amide bonds. The van der Waals surface area contributed by atoms with Gasteiger partial charge < -0.3 is 15.2 Å². The Morgan fingerprint density at radius 1 is 1.21 bits per heavy atom. The van der Waals surface area contributed by atoms with Crippen LogP contribution >= 0.6 is 0 Å². The predicted molar refractivity (Wildman–Crippen MR) is 113 cm³/mol. The average Bonchev–Trinajstić information content (AvgIpc) is 3.30. The van der Waals surface area contributed by atoms with Crippen LogP contribution in [0.3, 0.4) is 0 Å². The first-order valence-electron chi connectivity index (χ1n) is 11.2. The van der Waals surface area contributed by atoms with E-state index >= 15 is 0 Å². The van der Waals surface area contributed by atoms with Crippen molar-refractivity contribution < 1.29 is 37.0 Å². The molecular weight excluding hydrogens is 439 g/mol. The number of carbonyl (C=O) groups is 3. The molecular formula is C24H30F3NO5. The summed E-state index contributed by atoms with van der Waals surface area (Å²) < 4.78 is 47.5. The summed E-state index contributed by atoms with van der Waals surface area (Å²) in [5, 5.41) is 0. The molecule has 0 bridgehead atoms. The van der Waals surface area contributed by atoms with Crippen molar-refractivity contribution in [2.45, 2.75) is 82.1 Å². The third-order valence-electron chi connectivity index (χ3n) is 6.89. The van der Waals surface area contributed by atoms with E-state index in [2.05, 4.69) is 4.74 Å². The lowest BCUT2D eigenvalue weighted by Gasteiger charge is -2.42. The number of alkyl halides is 3. The van der Waals surface area contributed by atoms with Crippen LogP contribution in [-0.2, 0) is 35.7 Å². The molecule has 2 unspecified atom stereocenters. The zero-order valence-electron chi connectivity index (χ0n) is 18.9. The van der Waals surface area contributed by atoms with Gasteiger partial charge in [-0.3, -0.25) is 4.79 Å². The highest BCUT2D eigenvalue weighted by molar-refractivity contribution is 6.06. The first-order chi connectivity index (χ1) is 15.4. The molecule has 6 nitrogen and oxygen atoms in total. The lowest BCUT2D eigenvalue weighted by molar-refractivity contribution is -0.217. The fourth-order valence-electron chi connectivity index (χ4n) is 4.74. The van der Waals surface area contributed by atoms with E-state index < -0.39 is 35.6 Å². The molecule has 9 heteroatoms. The second kappa shape index (κ2) is 9.44. The normalized spacial score (nSPS) is 24.6. The summed E-state index contributed by atoms with van der Waals surface area (Å²) >= 11 is 0. The predicted octanol–water partition coefficient (Wildman–Crippen LogP) is 3.77. The van der Waals surface area contributed by atoms with E-state index in [-0.39, 0.29) is 17.8 Å². The third-order valence-corrected chi connectivity index (χ3v) is 6.89. The van der Waals surface area contributed by atoms with Crippen LogP contribution < -0.4 is 5.73 Å². The maximum atomic E-state index is 12.7. The van der Waals surface area contributed by atoms with Gasteiger partial charge in [-0.15, -0.1) is 0 Å². The SMILES string of the molecule is CC(C)(CN)c1cccc(CCC2(C3CCCC3)CC(=O)C(OC(=O)C(F)(F)F)C(=O)O2)c1. The molecule has 3 rings (SSSR count). The number of hydrogen-bond acceptors (Lipinski definition) is 6. The monoisotopic (exact) mass is 469 g/mol. The van der Waals surface area contributed by atoms with Gasteiger partial charge in [0.15, 0.2) is 5.78 Å². The zero-order chi connectivity index (χ0) is 24.4. The zero-order valence-corrected chi connectivity index (χ0v) is 18.9. The molecule has 33 heavy (non-hydrogen) atoms. The van der Waals surface area contributed by atoms with E-state index in [4.69, 9.17) is 10.5 Å². The Hall–Kier alpha value is -2.42. The average molecular weight is 470 g/mol. The Kier molecular flexibility index (Phi) is 7.21. The number of nitrogens with two attached hydrogens (primary N) is 1. The van der Waals surface area contributed by atoms with Gasteiger partial charge in [0.25, 0.3) is 6.10 Å². The number of Topliss-reactive ketones (excluding diaryl/α,β-unsaturated/α-hetero) is 1. The second-order valence-electron chi connectivity index (χ2n) is 9.68. The number of hydrogen-bond donors (Lipinski definition) is 1. The fraction of sp³-hybridized carbons (Fsp3) is 0.625. The molecule has 0 aromatic heterocycles. The van der Waals surface area contributed by atoms with Crippen molar-refractivity contribution in [3.8, 4) is 0 Å². The van der Waals surface area contributed by atoms with Gasteiger partial charge in [-0.25, -0.2) is 9.59 Å². The van der Waals surface area contributed by atoms with Gasteiger partial charge in [-0.05, 0) is 42.7 Å². The molecule has 1 aromatic rings. The molecule has 0 spiro atoms. The molecule has 182 valence electrons. The molecule has 2 fully saturated rings. The number of rotatable bonds is 7. The summed E-state index contributed by atoms with van der Waals surface area (Å²) in [7, 11) is 0. The summed E-state index contributed by atoms with van der Waals surface area (Å²) in [5.41, 5.74) is 6.60. The Labute approximate surface area is 191 Å². The molecule has 1 saturated carbocycles. The van der Waals surface area contributed by atoms with E-state index in [1.807, 2.05) is 38.1 Å². The van der Waals surface area contributed by atoms with E-state index in [1.165, 1.54) is 0 Å². The molecule has 2 aliphatic rings. The minimum absolute atomic E-state index is 0.0756. The van der Waals surface area contributed by atoms with Gasteiger partial charge in [0.1, 0.15) is 5.60 Å². The summed E-state index contributed by atoms with van der Waals surface area (Å²) in [5.74, 6) is -4.73. The Morgan fingerprint density at radius 2 is 1.88 bits per heavy atom. The number of carbonyl (C=O) groups excluding carboxylic acids is 3. The van der Waals surface area contributed by atoms with Crippen LogP contribution in [-0.4, -0.2) is 42.1 Å². The van der Waals surface area contributed by atoms with Crippen LogP contribution in [0.1, 0.15) is 63.5 Å². The van der Waals surface area contributed by atoms with Crippen LogP contribution in [0.2, 0.25) is 0 Å². The molecule has 1 aromatic carbocycles. The molecule has 1 heterocycles. The van der Waals surface area contributed by atoms with Crippen molar-refractivity contribution in [1.29, 1.82) is 0 Å². The van der Waals surface area contributed by atoms with Crippen LogP contribution in [0.25, 0.3) is 0 Å². The standard InChI is InChI=1S/C24H30F3NO5/c1-22(2,14-28)17-9-5-6-15(12-17)10-11-23(16-7-3-4-8-16)13-18(29)19(20(30)33-23)32-21(31)24(25,26)27/h5-6,9,12,16,19H,3-4,7-8,10-11,13-14,28H2,1-2H3. The van der Waals surface area contributed by atoms with Crippen molar-refractivity contribution in [1.82, 2.24) is 0 Å². The number of aryl methyl sites for hydroxylation is 1. The minimum Gasteiger partial charge on any atom is -0.455 e. The van der Waals surface area contributed by atoms with E-state index in [9.17, 15) is 27.6 Å². The maximum Gasteiger partial charge on any atom is 0.490 e. The molecule has 1 aliphatic carbocycles. The summed E-state index contributed by atoms with van der Waals surface area (Å²) in [6.07, 6.45) is -3.53. The molecule has 1 aliphatic heterocycles. The highest BCUT2D eigenvalue weighted by Gasteiger charge is 2.54. The molecule has 2 N–H and O–H groups in total. The minimum atomic E-state index is -5.30. The van der Waals surface area contributed by atoms with Gasteiger partial charge in [-0.1, -0.05) is 51.0 Å². The number of halogens is 3. The highest BCUT2D eigenvalue weighted by atomic mass is 19.4. The lowest BCUT2D eigenvalue weighted by Crippen LogP contribution is -2.55. The Bertz CT molecular complexity index is 888. The smallest absolute Gasteiger partial charge is 0.455 e. The molecule has 2 atom stereocenters. The van der Waals surface area contributed by atoms with E-state index in [1.54, 1.807) is 0 Å². The van der Waals surface area contributed by atoms with Crippen LogP contribution in [0, 0.1) is 5.92 Å². The fourth-order valence-corrected chi connectivity index (χ4v) is 4.74. The number of cyclic esters (lactones) is 1. The summed E-state index contributed by atoms with van der Waals surface area (Å²) in [6.45, 7) is 4.54. The quantitative estimate of drug-likeness (QED) is 0.482. The van der Waals surface area contributed by atoms with Gasteiger partial charge >= 0.3 is 18.1 Å². The van der Waals surface area contributed by atoms with Gasteiger partial charge in [0.2, 0.25) is 0 Å². The van der Waals surface area contributed by atoms with Crippen molar-refractivity contribution in [3.63, 3.8) is 0 Å². The van der Waals surface area contributed by atoms with Crippen molar-refractivity contribution in [2.24, 2.45) is 11.7 Å². The molecule has 0 radical (unpaired) electrons. The third kappa shape index (κ3) is 5.57. The first-order valence-corrected chi connectivity index (χ1v) is 11.2.